The second-order valence-corrected chi connectivity index (χ2v) is 10.5. The monoisotopic (exact) mass is 344 g/mol. The number of hydrogen-bond donors (Lipinski definition) is 0. The first kappa shape index (κ1) is 21.8. The number of unbranched alkanes of at least 4 members (excludes halogenated alkanes) is 1. The summed E-state index contributed by atoms with van der Waals surface area (Å²) in [6, 6.07) is 2.50. The smallest absolute Gasteiger partial charge is 0.452 e. The minimum absolute atomic E-state index is 0.320. The van der Waals surface area contributed by atoms with Crippen molar-refractivity contribution in [2.75, 3.05) is 6.61 Å². The topological polar surface area (TPSA) is 77.3 Å². The van der Waals surface area contributed by atoms with Gasteiger partial charge in [0, 0.05) is 0 Å². The standard InChI is InChI=1S/C16H32N2O4Si/c1-6-11-12-14(7-2)13-21-15(19)17-18-16(20)22-23(8-3,9-4)10-5/h14H,6-13H2,1-5H3. The number of azo groups is 1. The van der Waals surface area contributed by atoms with E-state index in [-0.39, 0.29) is 0 Å². The lowest BCUT2D eigenvalue weighted by molar-refractivity contribution is 0.130. The predicted octanol–water partition coefficient (Wildman–Crippen LogP) is 5.93. The van der Waals surface area contributed by atoms with Crippen molar-refractivity contribution in [1.29, 1.82) is 0 Å². The molecular weight excluding hydrogens is 312 g/mol. The first-order valence-electron chi connectivity index (χ1n) is 8.78. The van der Waals surface area contributed by atoms with Crippen LogP contribution in [-0.4, -0.2) is 27.1 Å². The first-order chi connectivity index (χ1) is 11.0. The van der Waals surface area contributed by atoms with Crippen LogP contribution in [-0.2, 0) is 9.16 Å². The predicted molar refractivity (Wildman–Crippen MR) is 93.2 cm³/mol. The van der Waals surface area contributed by atoms with Crippen molar-refractivity contribution < 1.29 is 18.8 Å². The van der Waals surface area contributed by atoms with Gasteiger partial charge in [-0.2, -0.15) is 0 Å². The molecule has 0 aromatic carbocycles. The zero-order valence-electron chi connectivity index (χ0n) is 15.3. The Morgan fingerprint density at radius 1 is 0.957 bits per heavy atom. The summed E-state index contributed by atoms with van der Waals surface area (Å²) < 4.78 is 10.5. The summed E-state index contributed by atoms with van der Waals surface area (Å²) in [5, 5.41) is 6.65. The lowest BCUT2D eigenvalue weighted by Crippen LogP contribution is -2.37. The van der Waals surface area contributed by atoms with Crippen molar-refractivity contribution in [1.82, 2.24) is 0 Å². The molecule has 0 aromatic heterocycles. The Hall–Kier alpha value is -1.24. The SMILES string of the molecule is CCCCC(CC)COC(=O)N=NC(=O)O[Si](CC)(CC)CC. The average molecular weight is 345 g/mol. The van der Waals surface area contributed by atoms with Gasteiger partial charge in [0.05, 0.1) is 6.61 Å². The Balaban J connectivity index is 4.32. The van der Waals surface area contributed by atoms with E-state index in [1.54, 1.807) is 0 Å². The molecule has 0 aromatic rings. The molecule has 0 aliphatic carbocycles. The molecule has 7 heteroatoms. The Morgan fingerprint density at radius 3 is 2.00 bits per heavy atom. The molecule has 0 saturated heterocycles. The van der Waals surface area contributed by atoms with E-state index in [4.69, 9.17) is 9.16 Å². The van der Waals surface area contributed by atoms with Gasteiger partial charge in [-0.1, -0.05) is 64.1 Å². The molecule has 1 unspecified atom stereocenters. The molecule has 0 heterocycles. The Labute approximate surface area is 141 Å². The lowest BCUT2D eigenvalue weighted by Gasteiger charge is -2.25. The zero-order valence-corrected chi connectivity index (χ0v) is 16.3. The molecule has 134 valence electrons. The van der Waals surface area contributed by atoms with Gasteiger partial charge >= 0.3 is 12.2 Å². The summed E-state index contributed by atoms with van der Waals surface area (Å²) >= 11 is 0. The molecule has 0 bridgehead atoms. The van der Waals surface area contributed by atoms with E-state index in [1.165, 1.54) is 0 Å². The number of hydrogen-bond acceptors (Lipinski definition) is 4. The molecule has 0 aliphatic heterocycles. The van der Waals surface area contributed by atoms with E-state index in [2.05, 4.69) is 24.1 Å². The maximum absolute atomic E-state index is 11.7. The minimum atomic E-state index is -2.07. The highest BCUT2D eigenvalue weighted by atomic mass is 28.4. The fraction of sp³-hybridized carbons (Fsp3) is 0.875. The molecule has 0 spiro atoms. The fourth-order valence-corrected chi connectivity index (χ4v) is 4.71. The molecular formula is C16H32N2O4Si. The van der Waals surface area contributed by atoms with Crippen LogP contribution in [0.3, 0.4) is 0 Å². The highest BCUT2D eigenvalue weighted by molar-refractivity contribution is 6.74. The Bertz CT molecular complexity index is 376. The normalized spacial score (nSPS) is 13.1. The highest BCUT2D eigenvalue weighted by Gasteiger charge is 2.33. The number of amides is 2. The average Bonchev–Trinajstić information content (AvgIpc) is 2.58. The summed E-state index contributed by atoms with van der Waals surface area (Å²) in [6.45, 7) is 10.6. The number of ether oxygens (including phenoxy) is 1. The van der Waals surface area contributed by atoms with Crippen molar-refractivity contribution >= 4 is 20.5 Å². The summed E-state index contributed by atoms with van der Waals surface area (Å²) in [6.07, 6.45) is 2.60. The number of rotatable bonds is 10. The van der Waals surface area contributed by atoms with Crippen LogP contribution in [0.25, 0.3) is 0 Å². The summed E-state index contributed by atoms with van der Waals surface area (Å²) in [5.41, 5.74) is 0. The van der Waals surface area contributed by atoms with Gasteiger partial charge in [-0.25, -0.2) is 9.59 Å². The van der Waals surface area contributed by atoms with Crippen LogP contribution >= 0.6 is 0 Å². The first-order valence-corrected chi connectivity index (χ1v) is 11.3. The maximum Gasteiger partial charge on any atom is 0.452 e. The number of carbonyl (C=O) groups is 2. The number of carbonyl (C=O) groups excluding carboxylic acids is 2. The van der Waals surface area contributed by atoms with E-state index in [0.29, 0.717) is 12.5 Å². The molecule has 6 nitrogen and oxygen atoms in total. The van der Waals surface area contributed by atoms with E-state index < -0.39 is 20.5 Å². The summed E-state index contributed by atoms with van der Waals surface area (Å²) in [4.78, 5) is 23.3. The van der Waals surface area contributed by atoms with Crippen LogP contribution in [0.2, 0.25) is 18.1 Å². The van der Waals surface area contributed by atoms with Gasteiger partial charge in [-0.3, -0.25) is 0 Å². The van der Waals surface area contributed by atoms with Gasteiger partial charge in [0.2, 0.25) is 0 Å². The van der Waals surface area contributed by atoms with Gasteiger partial charge in [0.15, 0.2) is 0 Å². The van der Waals surface area contributed by atoms with Crippen molar-refractivity contribution in [3.05, 3.63) is 0 Å². The number of nitrogens with zero attached hydrogens (tertiary/aromatic N) is 2. The summed E-state index contributed by atoms with van der Waals surface area (Å²) in [7, 11) is -2.07. The van der Waals surface area contributed by atoms with Gasteiger partial charge in [0.1, 0.15) is 0 Å². The van der Waals surface area contributed by atoms with E-state index >= 15 is 0 Å². The second-order valence-electron chi connectivity index (χ2n) is 5.81. The van der Waals surface area contributed by atoms with Crippen LogP contribution in [0, 0.1) is 5.92 Å². The zero-order chi connectivity index (χ0) is 17.7. The largest absolute Gasteiger partial charge is 0.501 e. The highest BCUT2D eigenvalue weighted by Crippen LogP contribution is 2.22. The molecule has 23 heavy (non-hydrogen) atoms. The molecule has 0 N–H and O–H groups in total. The Kier molecular flexibility index (Phi) is 11.6. The molecule has 0 fully saturated rings. The van der Waals surface area contributed by atoms with Gasteiger partial charge < -0.3 is 9.16 Å². The van der Waals surface area contributed by atoms with Gasteiger partial charge in [-0.05, 0) is 30.5 Å². The molecule has 1 atom stereocenters. The van der Waals surface area contributed by atoms with Crippen LogP contribution in [0.1, 0.15) is 60.3 Å². The van der Waals surface area contributed by atoms with Crippen LogP contribution in [0.4, 0.5) is 9.59 Å². The lowest BCUT2D eigenvalue weighted by atomic mass is 10.0. The minimum Gasteiger partial charge on any atom is -0.501 e. The van der Waals surface area contributed by atoms with Crippen molar-refractivity contribution in [3.63, 3.8) is 0 Å². The third-order valence-corrected chi connectivity index (χ3v) is 8.91. The van der Waals surface area contributed by atoms with Crippen LogP contribution in [0.5, 0.6) is 0 Å². The molecule has 2 amide bonds. The quantitative estimate of drug-likeness (QED) is 0.363. The van der Waals surface area contributed by atoms with Gasteiger partial charge in [-0.15, -0.1) is 0 Å². The van der Waals surface area contributed by atoms with E-state index in [0.717, 1.165) is 43.8 Å². The van der Waals surface area contributed by atoms with Crippen LogP contribution in [0.15, 0.2) is 10.2 Å². The maximum atomic E-state index is 11.7. The molecule has 0 saturated carbocycles. The Morgan fingerprint density at radius 2 is 1.52 bits per heavy atom. The van der Waals surface area contributed by atoms with Crippen molar-refractivity contribution in [3.8, 4) is 0 Å². The third kappa shape index (κ3) is 8.83. The third-order valence-electron chi connectivity index (χ3n) is 4.44. The van der Waals surface area contributed by atoms with Crippen LogP contribution < -0.4 is 0 Å². The fourth-order valence-electron chi connectivity index (χ4n) is 2.37. The molecule has 0 aliphatic rings. The second kappa shape index (κ2) is 12.2. The van der Waals surface area contributed by atoms with Crippen molar-refractivity contribution in [2.45, 2.75) is 78.4 Å². The van der Waals surface area contributed by atoms with Crippen molar-refractivity contribution in [2.24, 2.45) is 16.1 Å². The summed E-state index contributed by atoms with van der Waals surface area (Å²) in [5.74, 6) is 0.335. The van der Waals surface area contributed by atoms with Gasteiger partial charge in [0.25, 0.3) is 8.32 Å². The van der Waals surface area contributed by atoms with E-state index in [1.807, 2.05) is 20.8 Å². The molecule has 0 radical (unpaired) electrons. The van der Waals surface area contributed by atoms with E-state index in [9.17, 15) is 9.59 Å². The molecule has 0 rings (SSSR count).